The summed E-state index contributed by atoms with van der Waals surface area (Å²) in [4.78, 5) is 11.9. The maximum atomic E-state index is 11.9. The van der Waals surface area contributed by atoms with Crippen LogP contribution in [0.1, 0.15) is 42.0 Å². The molecule has 108 valence electrons. The highest BCUT2D eigenvalue weighted by molar-refractivity contribution is 9.11. The zero-order valence-electron chi connectivity index (χ0n) is 11.4. The van der Waals surface area contributed by atoms with Crippen LogP contribution in [0, 0.1) is 0 Å². The minimum Gasteiger partial charge on any atom is -0.461 e. The SMILES string of the molecule is CCCc1c(C(=O)OCC)nnn1Cc1csc(Br)c1. The van der Waals surface area contributed by atoms with E-state index in [0.29, 0.717) is 18.8 Å². The lowest BCUT2D eigenvalue weighted by Crippen LogP contribution is -2.11. The van der Waals surface area contributed by atoms with Gasteiger partial charge in [-0.2, -0.15) is 0 Å². The Hall–Kier alpha value is -1.21. The van der Waals surface area contributed by atoms with Gasteiger partial charge < -0.3 is 4.74 Å². The quantitative estimate of drug-likeness (QED) is 0.744. The van der Waals surface area contributed by atoms with Gasteiger partial charge in [-0.25, -0.2) is 9.48 Å². The minimum atomic E-state index is -0.395. The third-order valence-electron chi connectivity index (χ3n) is 2.75. The molecule has 20 heavy (non-hydrogen) atoms. The molecule has 2 rings (SSSR count). The van der Waals surface area contributed by atoms with Crippen molar-refractivity contribution in [2.24, 2.45) is 0 Å². The van der Waals surface area contributed by atoms with Crippen LogP contribution in [0.15, 0.2) is 15.2 Å². The molecule has 2 aromatic heterocycles. The van der Waals surface area contributed by atoms with Gasteiger partial charge in [0.25, 0.3) is 0 Å². The number of carbonyl (C=O) groups excluding carboxylic acids is 1. The van der Waals surface area contributed by atoms with Crippen molar-refractivity contribution in [2.45, 2.75) is 33.2 Å². The first-order valence-corrected chi connectivity index (χ1v) is 8.15. The summed E-state index contributed by atoms with van der Waals surface area (Å²) >= 11 is 5.07. The van der Waals surface area contributed by atoms with Crippen molar-refractivity contribution in [2.75, 3.05) is 6.61 Å². The maximum Gasteiger partial charge on any atom is 0.360 e. The number of thiophene rings is 1. The second kappa shape index (κ2) is 6.99. The van der Waals surface area contributed by atoms with Crippen LogP contribution in [0.2, 0.25) is 0 Å². The van der Waals surface area contributed by atoms with E-state index in [1.807, 2.05) is 6.07 Å². The van der Waals surface area contributed by atoms with Gasteiger partial charge in [-0.3, -0.25) is 0 Å². The van der Waals surface area contributed by atoms with E-state index >= 15 is 0 Å². The molecule has 0 saturated heterocycles. The average Bonchev–Trinajstić information content (AvgIpc) is 2.99. The Labute approximate surface area is 130 Å². The number of halogens is 1. The predicted molar refractivity (Wildman–Crippen MR) is 81.1 cm³/mol. The van der Waals surface area contributed by atoms with Gasteiger partial charge in [0, 0.05) is 0 Å². The van der Waals surface area contributed by atoms with E-state index in [2.05, 4.69) is 38.5 Å². The monoisotopic (exact) mass is 357 g/mol. The zero-order valence-corrected chi connectivity index (χ0v) is 13.8. The molecule has 0 saturated carbocycles. The summed E-state index contributed by atoms with van der Waals surface area (Å²) in [6.07, 6.45) is 1.68. The highest BCUT2D eigenvalue weighted by atomic mass is 79.9. The Morgan fingerprint density at radius 2 is 2.30 bits per heavy atom. The van der Waals surface area contributed by atoms with Crippen molar-refractivity contribution in [1.29, 1.82) is 0 Å². The molecule has 5 nitrogen and oxygen atoms in total. The molecule has 2 heterocycles. The predicted octanol–water partition coefficient (Wildman–Crippen LogP) is 3.28. The summed E-state index contributed by atoms with van der Waals surface area (Å²) < 4.78 is 7.88. The first-order valence-electron chi connectivity index (χ1n) is 6.48. The second-order valence-electron chi connectivity index (χ2n) is 4.27. The van der Waals surface area contributed by atoms with Gasteiger partial charge in [0.05, 0.1) is 22.6 Å². The lowest BCUT2D eigenvalue weighted by molar-refractivity contribution is 0.0518. The normalized spacial score (nSPS) is 10.8. The Kier molecular flexibility index (Phi) is 5.31. The molecular formula is C13H16BrN3O2S. The lowest BCUT2D eigenvalue weighted by Gasteiger charge is -2.06. The molecule has 0 amide bonds. The molecule has 0 aliphatic rings. The van der Waals surface area contributed by atoms with Crippen molar-refractivity contribution < 1.29 is 9.53 Å². The number of carbonyl (C=O) groups is 1. The summed E-state index contributed by atoms with van der Waals surface area (Å²) in [5, 5.41) is 10.1. The molecule has 0 radical (unpaired) electrons. The van der Waals surface area contributed by atoms with Crippen molar-refractivity contribution in [1.82, 2.24) is 15.0 Å². The fourth-order valence-electron chi connectivity index (χ4n) is 1.90. The molecule has 0 aliphatic heterocycles. The molecule has 0 bridgehead atoms. The van der Waals surface area contributed by atoms with Crippen LogP contribution in [0.5, 0.6) is 0 Å². The molecular weight excluding hydrogens is 342 g/mol. The molecule has 0 aromatic carbocycles. The first-order chi connectivity index (χ1) is 9.65. The minimum absolute atomic E-state index is 0.336. The van der Waals surface area contributed by atoms with Crippen LogP contribution in [0.25, 0.3) is 0 Å². The molecule has 0 unspecified atom stereocenters. The summed E-state index contributed by atoms with van der Waals surface area (Å²) in [6.45, 7) is 4.80. The van der Waals surface area contributed by atoms with Crippen molar-refractivity contribution in [3.63, 3.8) is 0 Å². The Morgan fingerprint density at radius 3 is 2.90 bits per heavy atom. The first kappa shape index (κ1) is 15.2. The third-order valence-corrected chi connectivity index (χ3v) is 4.30. The fraction of sp³-hybridized carbons (Fsp3) is 0.462. The highest BCUT2D eigenvalue weighted by Gasteiger charge is 2.20. The fourth-order valence-corrected chi connectivity index (χ4v) is 3.10. The van der Waals surface area contributed by atoms with Crippen molar-refractivity contribution >= 4 is 33.2 Å². The standard InChI is InChI=1S/C13H16BrN3O2S/c1-3-5-10-12(13(18)19-4-2)15-16-17(10)7-9-6-11(14)20-8-9/h6,8H,3-5,7H2,1-2H3. The molecule has 2 aromatic rings. The second-order valence-corrected chi connectivity index (χ2v) is 6.56. The number of hydrogen-bond acceptors (Lipinski definition) is 5. The topological polar surface area (TPSA) is 57.0 Å². The van der Waals surface area contributed by atoms with Gasteiger partial charge in [0.15, 0.2) is 5.69 Å². The Balaban J connectivity index is 2.26. The molecule has 0 N–H and O–H groups in total. The van der Waals surface area contributed by atoms with Crippen LogP contribution < -0.4 is 0 Å². The molecule has 0 atom stereocenters. The average molecular weight is 358 g/mol. The number of ether oxygens (including phenoxy) is 1. The summed E-state index contributed by atoms with van der Waals surface area (Å²) in [6, 6.07) is 2.05. The smallest absolute Gasteiger partial charge is 0.360 e. The van der Waals surface area contributed by atoms with E-state index in [-0.39, 0.29) is 0 Å². The maximum absolute atomic E-state index is 11.9. The Morgan fingerprint density at radius 1 is 1.50 bits per heavy atom. The van der Waals surface area contributed by atoms with Crippen molar-refractivity contribution in [3.05, 3.63) is 32.2 Å². The third kappa shape index (κ3) is 3.46. The van der Waals surface area contributed by atoms with Gasteiger partial charge in [-0.1, -0.05) is 18.6 Å². The highest BCUT2D eigenvalue weighted by Crippen LogP contribution is 2.22. The number of rotatable bonds is 6. The number of hydrogen-bond donors (Lipinski definition) is 0. The summed E-state index contributed by atoms with van der Waals surface area (Å²) in [5.74, 6) is -0.395. The van der Waals surface area contributed by atoms with Gasteiger partial charge >= 0.3 is 5.97 Å². The number of esters is 1. The molecule has 0 fully saturated rings. The van der Waals surface area contributed by atoms with Gasteiger partial charge in [0.2, 0.25) is 0 Å². The van der Waals surface area contributed by atoms with Crippen LogP contribution in [-0.2, 0) is 17.7 Å². The Bertz CT molecular complexity index is 594. The van der Waals surface area contributed by atoms with E-state index in [4.69, 9.17) is 4.74 Å². The molecule has 0 aliphatic carbocycles. The van der Waals surface area contributed by atoms with Crippen LogP contribution >= 0.6 is 27.3 Å². The summed E-state index contributed by atoms with van der Waals surface area (Å²) in [5.41, 5.74) is 2.32. The molecule has 0 spiro atoms. The van der Waals surface area contributed by atoms with E-state index in [1.54, 1.807) is 22.9 Å². The van der Waals surface area contributed by atoms with Gasteiger partial charge in [-0.15, -0.1) is 16.4 Å². The van der Waals surface area contributed by atoms with Gasteiger partial charge in [0.1, 0.15) is 0 Å². The van der Waals surface area contributed by atoms with Crippen LogP contribution in [0.4, 0.5) is 0 Å². The number of aromatic nitrogens is 3. The van der Waals surface area contributed by atoms with E-state index in [1.165, 1.54) is 0 Å². The van der Waals surface area contributed by atoms with Gasteiger partial charge in [-0.05, 0) is 46.3 Å². The molecule has 7 heteroatoms. The summed E-state index contributed by atoms with van der Waals surface area (Å²) in [7, 11) is 0. The van der Waals surface area contributed by atoms with E-state index < -0.39 is 5.97 Å². The van der Waals surface area contributed by atoms with Crippen molar-refractivity contribution in [3.8, 4) is 0 Å². The zero-order chi connectivity index (χ0) is 14.5. The lowest BCUT2D eigenvalue weighted by atomic mass is 10.2. The van der Waals surface area contributed by atoms with E-state index in [0.717, 1.165) is 27.9 Å². The van der Waals surface area contributed by atoms with Crippen LogP contribution in [0.3, 0.4) is 0 Å². The number of nitrogens with zero attached hydrogens (tertiary/aromatic N) is 3. The largest absolute Gasteiger partial charge is 0.461 e. The van der Waals surface area contributed by atoms with Crippen LogP contribution in [-0.4, -0.2) is 27.6 Å². The van der Waals surface area contributed by atoms with E-state index in [9.17, 15) is 4.79 Å².